The molecule has 2 amide bonds. The molecule has 3 aliphatic rings. The van der Waals surface area contributed by atoms with Gasteiger partial charge in [-0.2, -0.15) is 0 Å². The number of fused-ring (bicyclic) bond motifs is 3. The van der Waals surface area contributed by atoms with Gasteiger partial charge in [-0.25, -0.2) is 0 Å². The van der Waals surface area contributed by atoms with Crippen LogP contribution in [0.25, 0.3) is 0 Å². The van der Waals surface area contributed by atoms with Crippen molar-refractivity contribution in [2.24, 2.45) is 23.7 Å². The second kappa shape index (κ2) is 6.84. The number of phenolic OH excluding ortho intramolecular Hbond substituents is 1. The minimum absolute atomic E-state index is 0.0608. The molecule has 0 unspecified atom stereocenters. The van der Waals surface area contributed by atoms with Crippen molar-refractivity contribution in [3.05, 3.63) is 21.3 Å². The van der Waals surface area contributed by atoms with E-state index < -0.39 is 23.7 Å². The highest BCUT2D eigenvalue weighted by atomic mass is 127. The number of phenols is 1. The molecule has 1 aromatic carbocycles. The maximum atomic E-state index is 12.8. The summed E-state index contributed by atoms with van der Waals surface area (Å²) in [4.78, 5) is 26.5. The Morgan fingerprint density at radius 1 is 1.32 bits per heavy atom. The molecule has 2 N–H and O–H groups in total. The van der Waals surface area contributed by atoms with E-state index in [0.29, 0.717) is 28.6 Å². The lowest BCUT2D eigenvalue weighted by molar-refractivity contribution is -0.269. The number of carbonyl (C=O) groups is 2. The van der Waals surface area contributed by atoms with Crippen LogP contribution in [0.1, 0.15) is 37.9 Å². The summed E-state index contributed by atoms with van der Waals surface area (Å²) in [5, 5.41) is 21.6. The van der Waals surface area contributed by atoms with Gasteiger partial charge in [0.05, 0.1) is 28.6 Å². The number of ether oxygens (including phenoxy) is 2. The topological polar surface area (TPSA) is 96.3 Å². The third-order valence-electron chi connectivity index (χ3n) is 6.72. The van der Waals surface area contributed by atoms with Crippen molar-refractivity contribution in [2.75, 3.05) is 14.2 Å². The molecule has 3 fully saturated rings. The Morgan fingerprint density at radius 3 is 2.68 bits per heavy atom. The summed E-state index contributed by atoms with van der Waals surface area (Å²) in [7, 11) is 3.00. The molecule has 8 heteroatoms. The number of rotatable bonds is 3. The summed E-state index contributed by atoms with van der Waals surface area (Å²) >= 11 is 2.02. The van der Waals surface area contributed by atoms with Gasteiger partial charge in [-0.15, -0.1) is 0 Å². The van der Waals surface area contributed by atoms with Crippen molar-refractivity contribution in [1.82, 2.24) is 4.90 Å². The SMILES string of the molecule is CC[C@H]1C[C@@H]2C(=O)N(C)C(=O)[C@@H]2[C@@H]2C[C@@H](c3cc(I)c(O)c(OC)c3)O[C@]12O. The van der Waals surface area contributed by atoms with E-state index in [1.165, 1.54) is 19.1 Å². The predicted molar refractivity (Wildman–Crippen MR) is 107 cm³/mol. The highest BCUT2D eigenvalue weighted by Crippen LogP contribution is 2.59. The summed E-state index contributed by atoms with van der Waals surface area (Å²) in [6.45, 7) is 1.97. The molecule has 1 saturated carbocycles. The van der Waals surface area contributed by atoms with Crippen LogP contribution in [0.4, 0.5) is 0 Å². The number of amides is 2. The number of aliphatic hydroxyl groups is 1. The molecule has 6 atom stereocenters. The van der Waals surface area contributed by atoms with Gasteiger partial charge in [-0.05, 0) is 59.5 Å². The molecule has 2 heterocycles. The maximum Gasteiger partial charge on any atom is 0.233 e. The molecule has 1 aromatic rings. The average Bonchev–Trinajstić information content (AvgIpc) is 3.13. The summed E-state index contributed by atoms with van der Waals surface area (Å²) in [6, 6.07) is 3.50. The van der Waals surface area contributed by atoms with E-state index in [4.69, 9.17) is 9.47 Å². The fourth-order valence-electron chi connectivity index (χ4n) is 5.25. The van der Waals surface area contributed by atoms with Crippen LogP contribution >= 0.6 is 22.6 Å². The van der Waals surface area contributed by atoms with Gasteiger partial charge in [-0.3, -0.25) is 14.5 Å². The first-order chi connectivity index (χ1) is 13.2. The molecule has 0 bridgehead atoms. The maximum absolute atomic E-state index is 12.8. The van der Waals surface area contributed by atoms with Crippen LogP contribution in [0.2, 0.25) is 0 Å². The number of carbonyl (C=O) groups excluding carboxylic acids is 2. The number of hydrogen-bond donors (Lipinski definition) is 2. The van der Waals surface area contributed by atoms with E-state index >= 15 is 0 Å². The van der Waals surface area contributed by atoms with Crippen molar-refractivity contribution >= 4 is 34.4 Å². The van der Waals surface area contributed by atoms with Crippen LogP contribution in [-0.2, 0) is 14.3 Å². The van der Waals surface area contributed by atoms with Crippen molar-refractivity contribution < 1.29 is 29.3 Å². The van der Waals surface area contributed by atoms with Gasteiger partial charge < -0.3 is 19.7 Å². The smallest absolute Gasteiger partial charge is 0.233 e. The first-order valence-corrected chi connectivity index (χ1v) is 10.6. The van der Waals surface area contributed by atoms with Crippen LogP contribution < -0.4 is 4.74 Å². The van der Waals surface area contributed by atoms with Gasteiger partial charge >= 0.3 is 0 Å². The molecule has 0 aromatic heterocycles. The predicted octanol–water partition coefficient (Wildman–Crippen LogP) is 2.43. The molecular weight excluding hydrogens is 477 g/mol. The molecule has 0 spiro atoms. The zero-order chi connectivity index (χ0) is 20.4. The minimum atomic E-state index is -1.45. The lowest BCUT2D eigenvalue weighted by Gasteiger charge is -2.44. The molecule has 7 nitrogen and oxygen atoms in total. The summed E-state index contributed by atoms with van der Waals surface area (Å²) < 4.78 is 12.1. The summed E-state index contributed by atoms with van der Waals surface area (Å²) in [5.74, 6) is -3.02. The van der Waals surface area contributed by atoms with Crippen molar-refractivity contribution in [3.8, 4) is 11.5 Å². The Morgan fingerprint density at radius 2 is 2.04 bits per heavy atom. The lowest BCUT2D eigenvalue weighted by atomic mass is 9.64. The molecule has 4 rings (SSSR count). The Balaban J connectivity index is 1.73. The number of methoxy groups -OCH3 is 1. The zero-order valence-electron chi connectivity index (χ0n) is 16.0. The van der Waals surface area contributed by atoms with Crippen LogP contribution in [0.15, 0.2) is 12.1 Å². The van der Waals surface area contributed by atoms with Crippen LogP contribution in [0.5, 0.6) is 11.5 Å². The van der Waals surface area contributed by atoms with Crippen molar-refractivity contribution in [1.29, 1.82) is 0 Å². The first-order valence-electron chi connectivity index (χ1n) is 9.50. The number of benzene rings is 1. The van der Waals surface area contributed by atoms with Gasteiger partial charge in [0, 0.05) is 18.9 Å². The summed E-state index contributed by atoms with van der Waals surface area (Å²) in [6.07, 6.45) is 1.10. The molecular formula is C20H24INO6. The van der Waals surface area contributed by atoms with E-state index in [1.807, 2.05) is 29.5 Å². The van der Waals surface area contributed by atoms with Gasteiger partial charge in [0.1, 0.15) is 0 Å². The second-order valence-corrected chi connectivity index (χ2v) is 9.12. The normalized spacial score (nSPS) is 37.2. The largest absolute Gasteiger partial charge is 0.504 e. The van der Waals surface area contributed by atoms with Crippen molar-refractivity contribution in [3.63, 3.8) is 0 Å². The highest BCUT2D eigenvalue weighted by Gasteiger charge is 2.65. The Bertz CT molecular complexity index is 844. The van der Waals surface area contributed by atoms with Gasteiger partial charge in [0.2, 0.25) is 11.8 Å². The first kappa shape index (κ1) is 19.9. The highest BCUT2D eigenvalue weighted by molar-refractivity contribution is 14.1. The zero-order valence-corrected chi connectivity index (χ0v) is 18.2. The molecule has 1 aliphatic carbocycles. The van der Waals surface area contributed by atoms with Crippen LogP contribution in [-0.4, -0.2) is 46.9 Å². The van der Waals surface area contributed by atoms with Gasteiger partial charge in [-0.1, -0.05) is 6.92 Å². The van der Waals surface area contributed by atoms with Crippen LogP contribution in [0.3, 0.4) is 0 Å². The van der Waals surface area contributed by atoms with Crippen LogP contribution in [0, 0.1) is 27.2 Å². The molecule has 2 aliphatic heterocycles. The second-order valence-electron chi connectivity index (χ2n) is 7.96. The molecule has 152 valence electrons. The fourth-order valence-corrected chi connectivity index (χ4v) is 5.87. The van der Waals surface area contributed by atoms with Gasteiger partial charge in [0.25, 0.3) is 0 Å². The summed E-state index contributed by atoms with van der Waals surface area (Å²) in [5.41, 5.74) is 0.776. The Labute approximate surface area is 177 Å². The molecule has 2 saturated heterocycles. The minimum Gasteiger partial charge on any atom is -0.504 e. The van der Waals surface area contributed by atoms with Crippen molar-refractivity contribution in [2.45, 2.75) is 38.1 Å². The average molecular weight is 501 g/mol. The van der Waals surface area contributed by atoms with E-state index in [2.05, 4.69) is 0 Å². The number of imide groups is 1. The Kier molecular flexibility index (Phi) is 4.86. The van der Waals surface area contributed by atoms with E-state index in [9.17, 15) is 19.8 Å². The number of halogens is 1. The number of likely N-dealkylation sites (tertiary alicyclic amines) is 1. The monoisotopic (exact) mass is 501 g/mol. The standard InChI is InChI=1S/C20H24INO6/c1-4-10-7-11-16(19(25)22(2)18(11)24)12-8-14(28-20(10,12)26)9-5-13(21)17(23)15(6-9)27-3/h5-6,10-12,14,16,23,26H,4,7-8H2,1-3H3/t10-,11-,12-,14-,16-,20+/m0/s1. The third kappa shape index (κ3) is 2.68. The third-order valence-corrected chi connectivity index (χ3v) is 7.54. The number of hydrogen-bond acceptors (Lipinski definition) is 6. The lowest BCUT2D eigenvalue weighted by Crippen LogP contribution is -2.53. The quantitative estimate of drug-likeness (QED) is 0.488. The molecule has 28 heavy (non-hydrogen) atoms. The molecule has 0 radical (unpaired) electrons. The number of nitrogens with zero attached hydrogens (tertiary/aromatic N) is 1. The van der Waals surface area contributed by atoms with E-state index in [1.54, 1.807) is 12.1 Å². The van der Waals surface area contributed by atoms with E-state index in [-0.39, 0.29) is 29.4 Å². The van der Waals surface area contributed by atoms with Gasteiger partial charge in [0.15, 0.2) is 17.3 Å². The fraction of sp³-hybridized carbons (Fsp3) is 0.600. The van der Waals surface area contributed by atoms with E-state index in [0.717, 1.165) is 5.56 Å². The number of aromatic hydroxyl groups is 1. The Hall–Kier alpha value is -1.39.